The Hall–Kier alpha value is -2.04. The van der Waals surface area contributed by atoms with Crippen molar-refractivity contribution < 1.29 is 19.4 Å². The predicted molar refractivity (Wildman–Crippen MR) is 74.9 cm³/mol. The zero-order chi connectivity index (χ0) is 14.7. The summed E-state index contributed by atoms with van der Waals surface area (Å²) in [7, 11) is 0. The van der Waals surface area contributed by atoms with E-state index >= 15 is 0 Å². The number of carboxylic acid groups (broad SMARTS) is 1. The van der Waals surface area contributed by atoms with Crippen molar-refractivity contribution >= 4 is 17.6 Å². The molecule has 0 aliphatic carbocycles. The standard InChI is InChI=1S/C15H19NO4/c1-10(2)14(15(18)19)20-12-6-3-5-11(9-12)16-8-4-7-13(16)17/h3,5-6,9-10,14H,4,7-8H2,1-2H3,(H,18,19). The molecule has 2 rings (SSSR count). The summed E-state index contributed by atoms with van der Waals surface area (Å²) in [4.78, 5) is 24.6. The van der Waals surface area contributed by atoms with Gasteiger partial charge in [0, 0.05) is 30.6 Å². The molecule has 5 nitrogen and oxygen atoms in total. The number of carbonyl (C=O) groups is 2. The molecule has 1 aliphatic heterocycles. The second-order valence-corrected chi connectivity index (χ2v) is 5.27. The van der Waals surface area contributed by atoms with Crippen molar-refractivity contribution in [3.63, 3.8) is 0 Å². The van der Waals surface area contributed by atoms with Crippen LogP contribution in [0.2, 0.25) is 0 Å². The van der Waals surface area contributed by atoms with Gasteiger partial charge in [-0.3, -0.25) is 4.79 Å². The van der Waals surface area contributed by atoms with Crippen molar-refractivity contribution in [1.29, 1.82) is 0 Å². The Kier molecular flexibility index (Phi) is 4.27. The fraction of sp³-hybridized carbons (Fsp3) is 0.467. The number of ether oxygens (including phenoxy) is 1. The molecule has 1 amide bonds. The maximum atomic E-state index is 11.7. The average Bonchev–Trinajstić information content (AvgIpc) is 2.82. The molecular weight excluding hydrogens is 258 g/mol. The zero-order valence-corrected chi connectivity index (χ0v) is 11.7. The minimum Gasteiger partial charge on any atom is -0.478 e. The van der Waals surface area contributed by atoms with Gasteiger partial charge in [0.15, 0.2) is 6.10 Å². The van der Waals surface area contributed by atoms with Gasteiger partial charge in [0.2, 0.25) is 5.91 Å². The van der Waals surface area contributed by atoms with E-state index < -0.39 is 12.1 Å². The fourth-order valence-corrected chi connectivity index (χ4v) is 2.26. The molecular formula is C15H19NO4. The molecule has 1 atom stereocenters. The van der Waals surface area contributed by atoms with Crippen molar-refractivity contribution in [2.45, 2.75) is 32.8 Å². The zero-order valence-electron chi connectivity index (χ0n) is 11.7. The van der Waals surface area contributed by atoms with Crippen molar-refractivity contribution in [3.8, 4) is 5.75 Å². The lowest BCUT2D eigenvalue weighted by molar-refractivity contribution is -0.147. The van der Waals surface area contributed by atoms with Gasteiger partial charge in [0.05, 0.1) is 0 Å². The molecule has 1 unspecified atom stereocenters. The van der Waals surface area contributed by atoms with Crippen LogP contribution < -0.4 is 9.64 Å². The highest BCUT2D eigenvalue weighted by Crippen LogP contribution is 2.26. The van der Waals surface area contributed by atoms with E-state index in [1.807, 2.05) is 6.07 Å². The fourth-order valence-electron chi connectivity index (χ4n) is 2.26. The number of rotatable bonds is 5. The first-order chi connectivity index (χ1) is 9.49. The summed E-state index contributed by atoms with van der Waals surface area (Å²) in [6, 6.07) is 7.04. The monoisotopic (exact) mass is 277 g/mol. The number of carboxylic acids is 1. The molecule has 20 heavy (non-hydrogen) atoms. The smallest absolute Gasteiger partial charge is 0.345 e. The Morgan fingerprint density at radius 3 is 2.70 bits per heavy atom. The van der Waals surface area contributed by atoms with Crippen molar-refractivity contribution in [3.05, 3.63) is 24.3 Å². The molecule has 1 aliphatic rings. The van der Waals surface area contributed by atoms with Crippen LogP contribution in [0.15, 0.2) is 24.3 Å². The number of hydrogen-bond donors (Lipinski definition) is 1. The highest BCUT2D eigenvalue weighted by Gasteiger charge is 2.25. The topological polar surface area (TPSA) is 66.8 Å². The third-order valence-electron chi connectivity index (χ3n) is 3.31. The number of amides is 1. The Bertz CT molecular complexity index is 512. The summed E-state index contributed by atoms with van der Waals surface area (Å²) in [6.07, 6.45) is 0.530. The van der Waals surface area contributed by atoms with E-state index in [1.54, 1.807) is 36.9 Å². The van der Waals surface area contributed by atoms with Gasteiger partial charge in [-0.1, -0.05) is 19.9 Å². The van der Waals surface area contributed by atoms with Crippen LogP contribution in [0.5, 0.6) is 5.75 Å². The molecule has 5 heteroatoms. The van der Waals surface area contributed by atoms with Crippen molar-refractivity contribution in [1.82, 2.24) is 0 Å². The molecule has 0 spiro atoms. The third-order valence-corrected chi connectivity index (χ3v) is 3.31. The SMILES string of the molecule is CC(C)C(Oc1cccc(N2CCCC2=O)c1)C(=O)O. The van der Waals surface area contributed by atoms with Gasteiger partial charge in [0.25, 0.3) is 0 Å². The summed E-state index contributed by atoms with van der Waals surface area (Å²) in [5.74, 6) is -0.545. The third kappa shape index (κ3) is 3.10. The maximum Gasteiger partial charge on any atom is 0.345 e. The summed E-state index contributed by atoms with van der Waals surface area (Å²) in [6.45, 7) is 4.30. The average molecular weight is 277 g/mol. The second-order valence-electron chi connectivity index (χ2n) is 5.27. The minimum absolute atomic E-state index is 0.0980. The first-order valence-corrected chi connectivity index (χ1v) is 6.79. The molecule has 1 N–H and O–H groups in total. The number of carbonyl (C=O) groups excluding carboxylic acids is 1. The van der Waals surface area contributed by atoms with E-state index in [2.05, 4.69) is 0 Å². The normalized spacial score (nSPS) is 16.6. The molecule has 108 valence electrons. The van der Waals surface area contributed by atoms with Crippen molar-refractivity contribution in [2.75, 3.05) is 11.4 Å². The Morgan fingerprint density at radius 1 is 1.40 bits per heavy atom. The van der Waals surface area contributed by atoms with Crippen LogP contribution in [-0.4, -0.2) is 29.6 Å². The maximum absolute atomic E-state index is 11.7. The number of anilines is 1. The highest BCUT2D eigenvalue weighted by atomic mass is 16.5. The van der Waals surface area contributed by atoms with Gasteiger partial charge >= 0.3 is 5.97 Å². The van der Waals surface area contributed by atoms with Crippen molar-refractivity contribution in [2.24, 2.45) is 5.92 Å². The lowest BCUT2D eigenvalue weighted by atomic mass is 10.1. The lowest BCUT2D eigenvalue weighted by Gasteiger charge is -2.20. The Labute approximate surface area is 118 Å². The summed E-state index contributed by atoms with van der Waals surface area (Å²) < 4.78 is 5.54. The van der Waals surface area contributed by atoms with Gasteiger partial charge in [-0.05, 0) is 18.6 Å². The number of benzene rings is 1. The van der Waals surface area contributed by atoms with Crippen LogP contribution in [-0.2, 0) is 9.59 Å². The molecule has 0 radical (unpaired) electrons. The van der Waals surface area contributed by atoms with Gasteiger partial charge in [-0.15, -0.1) is 0 Å². The highest BCUT2D eigenvalue weighted by molar-refractivity contribution is 5.95. The van der Waals surface area contributed by atoms with Crippen LogP contribution in [0, 0.1) is 5.92 Å². The first-order valence-electron chi connectivity index (χ1n) is 6.79. The predicted octanol–water partition coefficient (Wildman–Crippen LogP) is 2.30. The number of nitrogens with zero attached hydrogens (tertiary/aromatic N) is 1. The second kappa shape index (κ2) is 5.94. The van der Waals surface area contributed by atoms with Gasteiger partial charge in [0.1, 0.15) is 5.75 Å². The van der Waals surface area contributed by atoms with Crippen LogP contribution in [0.1, 0.15) is 26.7 Å². The van der Waals surface area contributed by atoms with E-state index in [-0.39, 0.29) is 11.8 Å². The molecule has 0 bridgehead atoms. The molecule has 0 aromatic heterocycles. The van der Waals surface area contributed by atoms with Gasteiger partial charge in [-0.25, -0.2) is 4.79 Å². The molecule has 1 fully saturated rings. The summed E-state index contributed by atoms with van der Waals surface area (Å²) >= 11 is 0. The van der Waals surface area contributed by atoms with E-state index in [0.29, 0.717) is 18.7 Å². The van der Waals surface area contributed by atoms with E-state index in [0.717, 1.165) is 12.1 Å². The minimum atomic E-state index is -0.984. The largest absolute Gasteiger partial charge is 0.478 e. The van der Waals surface area contributed by atoms with Crippen LogP contribution in [0.3, 0.4) is 0 Å². The number of aliphatic carboxylic acids is 1. The van der Waals surface area contributed by atoms with E-state index in [1.165, 1.54) is 0 Å². The molecule has 1 aromatic rings. The number of hydrogen-bond acceptors (Lipinski definition) is 3. The molecule has 1 saturated heterocycles. The molecule has 1 aromatic carbocycles. The summed E-state index contributed by atoms with van der Waals surface area (Å²) in [5, 5.41) is 9.14. The first kappa shape index (κ1) is 14.4. The van der Waals surface area contributed by atoms with E-state index in [9.17, 15) is 9.59 Å². The van der Waals surface area contributed by atoms with Gasteiger partial charge < -0.3 is 14.7 Å². The Balaban J connectivity index is 2.17. The molecule has 0 saturated carbocycles. The van der Waals surface area contributed by atoms with Crippen LogP contribution in [0.25, 0.3) is 0 Å². The quantitative estimate of drug-likeness (QED) is 0.896. The van der Waals surface area contributed by atoms with Gasteiger partial charge in [-0.2, -0.15) is 0 Å². The Morgan fingerprint density at radius 2 is 2.15 bits per heavy atom. The molecule has 1 heterocycles. The van der Waals surface area contributed by atoms with E-state index in [4.69, 9.17) is 9.84 Å². The summed E-state index contributed by atoms with van der Waals surface area (Å²) in [5.41, 5.74) is 0.762. The van der Waals surface area contributed by atoms with Crippen LogP contribution in [0.4, 0.5) is 5.69 Å². The lowest BCUT2D eigenvalue weighted by Crippen LogP contribution is -2.32. The van der Waals surface area contributed by atoms with Crippen LogP contribution >= 0.6 is 0 Å².